The topological polar surface area (TPSA) is 79.3 Å². The maximum absolute atomic E-state index is 11.9. The number of carboxylic acids is 1. The summed E-state index contributed by atoms with van der Waals surface area (Å²) in [7, 11) is 0. The van der Waals surface area contributed by atoms with Crippen molar-refractivity contribution in [1.82, 2.24) is 10.3 Å². The van der Waals surface area contributed by atoms with Crippen LogP contribution in [-0.2, 0) is 16.0 Å². The minimum absolute atomic E-state index is 0.0376. The molecule has 1 amide bonds. The van der Waals surface area contributed by atoms with Gasteiger partial charge in [-0.15, -0.1) is 0 Å². The normalized spacial score (nSPS) is 11.1. The Kier molecular flexibility index (Phi) is 5.03. The molecule has 0 spiro atoms. The van der Waals surface area contributed by atoms with Crippen LogP contribution in [-0.4, -0.2) is 27.5 Å². The first-order valence-corrected chi connectivity index (χ1v) is 6.23. The predicted octanol–water partition coefficient (Wildman–Crippen LogP) is 1.69. The Hall–Kier alpha value is -1.91. The van der Waals surface area contributed by atoms with Gasteiger partial charge in [0.15, 0.2) is 0 Å². The number of rotatable bonds is 6. The third-order valence-corrected chi connectivity index (χ3v) is 2.89. The lowest BCUT2D eigenvalue weighted by atomic mass is 9.98. The van der Waals surface area contributed by atoms with Crippen molar-refractivity contribution in [2.45, 2.75) is 45.6 Å². The lowest BCUT2D eigenvalue weighted by molar-refractivity contribution is -0.137. The molecule has 1 heterocycles. The highest BCUT2D eigenvalue weighted by Gasteiger charge is 2.21. The molecule has 1 aromatic heterocycles. The van der Waals surface area contributed by atoms with Crippen molar-refractivity contribution in [1.29, 1.82) is 0 Å². The Bertz CT molecular complexity index is 470. The van der Waals surface area contributed by atoms with Crippen LogP contribution < -0.4 is 5.32 Å². The first-order valence-electron chi connectivity index (χ1n) is 6.23. The van der Waals surface area contributed by atoms with Crippen LogP contribution in [0.15, 0.2) is 18.3 Å². The van der Waals surface area contributed by atoms with E-state index in [4.69, 9.17) is 5.11 Å². The van der Waals surface area contributed by atoms with E-state index in [1.165, 1.54) is 0 Å². The van der Waals surface area contributed by atoms with Gasteiger partial charge in [0.2, 0.25) is 5.91 Å². The fourth-order valence-corrected chi connectivity index (χ4v) is 1.76. The summed E-state index contributed by atoms with van der Waals surface area (Å²) in [4.78, 5) is 26.6. The van der Waals surface area contributed by atoms with E-state index in [9.17, 15) is 9.59 Å². The zero-order chi connectivity index (χ0) is 14.5. The summed E-state index contributed by atoms with van der Waals surface area (Å²) in [6.07, 6.45) is 2.31. The van der Waals surface area contributed by atoms with Crippen molar-refractivity contribution in [2.75, 3.05) is 0 Å². The van der Waals surface area contributed by atoms with E-state index in [1.54, 1.807) is 6.20 Å². The van der Waals surface area contributed by atoms with Gasteiger partial charge >= 0.3 is 5.97 Å². The molecule has 0 atom stereocenters. The zero-order valence-electron chi connectivity index (χ0n) is 11.6. The van der Waals surface area contributed by atoms with Crippen LogP contribution in [0.2, 0.25) is 0 Å². The Labute approximate surface area is 113 Å². The van der Waals surface area contributed by atoms with E-state index in [0.29, 0.717) is 6.42 Å². The third kappa shape index (κ3) is 5.50. The maximum Gasteiger partial charge on any atom is 0.303 e. The second-order valence-corrected chi connectivity index (χ2v) is 5.27. The second-order valence-electron chi connectivity index (χ2n) is 5.27. The number of aromatic nitrogens is 1. The van der Waals surface area contributed by atoms with Crippen LogP contribution in [0, 0.1) is 6.92 Å². The molecule has 104 valence electrons. The summed E-state index contributed by atoms with van der Waals surface area (Å²) in [6, 6.07) is 3.73. The van der Waals surface area contributed by atoms with E-state index < -0.39 is 11.5 Å². The van der Waals surface area contributed by atoms with Crippen LogP contribution in [0.5, 0.6) is 0 Å². The molecular weight excluding hydrogens is 244 g/mol. The molecular formula is C14H20N2O3. The summed E-state index contributed by atoms with van der Waals surface area (Å²) in [5.74, 6) is -1.000. The van der Waals surface area contributed by atoms with Crippen molar-refractivity contribution >= 4 is 11.9 Å². The Balaban J connectivity index is 2.55. The monoisotopic (exact) mass is 264 g/mol. The number of nitrogens with zero attached hydrogens (tertiary/aromatic N) is 1. The number of carboxylic acid groups (broad SMARTS) is 1. The highest BCUT2D eigenvalue weighted by Crippen LogP contribution is 2.12. The Morgan fingerprint density at radius 3 is 2.68 bits per heavy atom. The second kappa shape index (κ2) is 6.31. The molecule has 0 aromatic carbocycles. The molecule has 19 heavy (non-hydrogen) atoms. The van der Waals surface area contributed by atoms with Crippen molar-refractivity contribution in [3.05, 3.63) is 29.6 Å². The summed E-state index contributed by atoms with van der Waals surface area (Å²) >= 11 is 0. The Morgan fingerprint density at radius 2 is 2.11 bits per heavy atom. The molecule has 5 heteroatoms. The number of carbonyl (C=O) groups is 2. The molecule has 0 radical (unpaired) electrons. The van der Waals surface area contributed by atoms with E-state index >= 15 is 0 Å². The first-order chi connectivity index (χ1) is 8.80. The molecule has 5 nitrogen and oxygen atoms in total. The van der Waals surface area contributed by atoms with E-state index in [0.717, 1.165) is 11.3 Å². The SMILES string of the molecule is Cc1cccnc1CC(=O)NC(C)(C)CCC(=O)O. The number of aliphatic carboxylic acids is 1. The molecule has 0 bridgehead atoms. The molecule has 0 saturated heterocycles. The summed E-state index contributed by atoms with van der Waals surface area (Å²) < 4.78 is 0. The third-order valence-electron chi connectivity index (χ3n) is 2.89. The van der Waals surface area contributed by atoms with Gasteiger partial charge in [-0.3, -0.25) is 14.6 Å². The molecule has 0 saturated carbocycles. The molecule has 0 aliphatic carbocycles. The van der Waals surface area contributed by atoms with E-state index in [-0.39, 0.29) is 18.7 Å². The largest absolute Gasteiger partial charge is 0.481 e. The number of hydrogen-bond donors (Lipinski definition) is 2. The summed E-state index contributed by atoms with van der Waals surface area (Å²) in [5.41, 5.74) is 1.19. The Morgan fingerprint density at radius 1 is 1.42 bits per heavy atom. The molecule has 0 unspecified atom stereocenters. The first kappa shape index (κ1) is 15.1. The van der Waals surface area contributed by atoms with E-state index in [2.05, 4.69) is 10.3 Å². The van der Waals surface area contributed by atoms with Gasteiger partial charge in [-0.25, -0.2) is 0 Å². The van der Waals surface area contributed by atoms with Crippen LogP contribution in [0.4, 0.5) is 0 Å². The number of pyridine rings is 1. The smallest absolute Gasteiger partial charge is 0.303 e. The van der Waals surface area contributed by atoms with Gasteiger partial charge < -0.3 is 10.4 Å². The summed E-state index contributed by atoms with van der Waals surface area (Å²) in [6.45, 7) is 5.55. The van der Waals surface area contributed by atoms with Crippen LogP contribution in [0.25, 0.3) is 0 Å². The lowest BCUT2D eigenvalue weighted by Gasteiger charge is -2.25. The standard InChI is InChI=1S/C14H20N2O3/c1-10-5-4-8-15-11(10)9-12(17)16-14(2,3)7-6-13(18)19/h4-5,8H,6-7,9H2,1-3H3,(H,16,17)(H,18,19). The van der Waals surface area contributed by atoms with Crippen LogP contribution >= 0.6 is 0 Å². The van der Waals surface area contributed by atoms with Crippen molar-refractivity contribution < 1.29 is 14.7 Å². The van der Waals surface area contributed by atoms with Crippen molar-refractivity contribution in [3.63, 3.8) is 0 Å². The molecule has 0 fully saturated rings. The van der Waals surface area contributed by atoms with Crippen LogP contribution in [0.3, 0.4) is 0 Å². The number of nitrogens with one attached hydrogen (secondary N) is 1. The maximum atomic E-state index is 11.9. The number of amides is 1. The number of hydrogen-bond acceptors (Lipinski definition) is 3. The highest BCUT2D eigenvalue weighted by molar-refractivity contribution is 5.79. The molecule has 0 aliphatic heterocycles. The van der Waals surface area contributed by atoms with Crippen molar-refractivity contribution in [2.24, 2.45) is 0 Å². The van der Waals surface area contributed by atoms with Gasteiger partial charge in [-0.1, -0.05) is 6.07 Å². The van der Waals surface area contributed by atoms with Gasteiger partial charge in [-0.2, -0.15) is 0 Å². The predicted molar refractivity (Wildman–Crippen MR) is 71.8 cm³/mol. The quantitative estimate of drug-likeness (QED) is 0.819. The lowest BCUT2D eigenvalue weighted by Crippen LogP contribution is -2.44. The minimum atomic E-state index is -0.858. The number of aryl methyl sites for hydroxylation is 1. The van der Waals surface area contributed by atoms with Gasteiger partial charge in [0.1, 0.15) is 0 Å². The molecule has 1 rings (SSSR count). The number of carbonyl (C=O) groups excluding carboxylic acids is 1. The molecule has 1 aromatic rings. The molecule has 0 aliphatic rings. The van der Waals surface area contributed by atoms with Crippen LogP contribution in [0.1, 0.15) is 37.9 Å². The summed E-state index contributed by atoms with van der Waals surface area (Å²) in [5, 5.41) is 11.5. The fraction of sp³-hybridized carbons (Fsp3) is 0.500. The minimum Gasteiger partial charge on any atom is -0.481 e. The van der Waals surface area contributed by atoms with Gasteiger partial charge in [0.25, 0.3) is 0 Å². The van der Waals surface area contributed by atoms with Gasteiger partial charge in [0, 0.05) is 18.2 Å². The van der Waals surface area contributed by atoms with E-state index in [1.807, 2.05) is 32.9 Å². The molecule has 2 N–H and O–H groups in total. The highest BCUT2D eigenvalue weighted by atomic mass is 16.4. The van der Waals surface area contributed by atoms with Crippen molar-refractivity contribution in [3.8, 4) is 0 Å². The average Bonchev–Trinajstić information content (AvgIpc) is 2.29. The van der Waals surface area contributed by atoms with Gasteiger partial charge in [0.05, 0.1) is 12.1 Å². The average molecular weight is 264 g/mol. The zero-order valence-corrected chi connectivity index (χ0v) is 11.6. The fourth-order valence-electron chi connectivity index (χ4n) is 1.76. The van der Waals surface area contributed by atoms with Gasteiger partial charge in [-0.05, 0) is 38.8 Å².